The maximum absolute atomic E-state index is 6.38. The van der Waals surface area contributed by atoms with Crippen LogP contribution < -0.4 is 5.32 Å². The number of hydrogen-bond acceptors (Lipinski definition) is 2. The fourth-order valence-corrected chi connectivity index (χ4v) is 4.69. The highest BCUT2D eigenvalue weighted by Crippen LogP contribution is 2.51. The van der Waals surface area contributed by atoms with E-state index in [0.717, 1.165) is 0 Å². The first-order chi connectivity index (χ1) is 8.70. The Hall–Kier alpha value is -0.0800. The molecule has 0 radical (unpaired) electrons. The normalized spacial score (nSPS) is 38.4. The first kappa shape index (κ1) is 15.3. The van der Waals surface area contributed by atoms with E-state index in [2.05, 4.69) is 46.9 Å². The molecule has 2 fully saturated rings. The van der Waals surface area contributed by atoms with E-state index < -0.39 is 0 Å². The number of rotatable bonds is 2. The van der Waals surface area contributed by atoms with Crippen molar-refractivity contribution in [3.05, 3.63) is 0 Å². The fraction of sp³-hybridized carbons (Fsp3) is 1.00. The fourth-order valence-electron chi connectivity index (χ4n) is 4.69. The van der Waals surface area contributed by atoms with Gasteiger partial charge in [-0.2, -0.15) is 0 Å². The van der Waals surface area contributed by atoms with Crippen molar-refractivity contribution in [1.29, 1.82) is 0 Å². The molecule has 0 aromatic rings. The minimum atomic E-state index is -0.0227. The van der Waals surface area contributed by atoms with Crippen LogP contribution in [0.2, 0.25) is 0 Å². The molecule has 0 spiro atoms. The summed E-state index contributed by atoms with van der Waals surface area (Å²) in [6.07, 6.45) is 6.53. The van der Waals surface area contributed by atoms with Gasteiger partial charge >= 0.3 is 0 Å². The van der Waals surface area contributed by atoms with Crippen molar-refractivity contribution in [3.8, 4) is 0 Å². The quantitative estimate of drug-likeness (QED) is 0.812. The van der Waals surface area contributed by atoms with Crippen LogP contribution in [0.3, 0.4) is 0 Å². The lowest BCUT2D eigenvalue weighted by Crippen LogP contribution is -2.59. The Labute approximate surface area is 119 Å². The maximum atomic E-state index is 6.38. The third kappa shape index (κ3) is 2.85. The van der Waals surface area contributed by atoms with Gasteiger partial charge in [0.1, 0.15) is 0 Å². The molecule has 2 aliphatic rings. The van der Waals surface area contributed by atoms with Gasteiger partial charge in [0, 0.05) is 11.5 Å². The second kappa shape index (κ2) is 5.04. The van der Waals surface area contributed by atoms with Crippen LogP contribution in [-0.4, -0.2) is 23.3 Å². The van der Waals surface area contributed by atoms with Gasteiger partial charge in [-0.05, 0) is 59.4 Å². The predicted octanol–water partition coefficient (Wildman–Crippen LogP) is 4.14. The molecule has 1 N–H and O–H groups in total. The molecule has 0 saturated carbocycles. The molecular formula is C17H33NO. The zero-order valence-electron chi connectivity index (χ0n) is 13.8. The summed E-state index contributed by atoms with van der Waals surface area (Å²) in [5.74, 6) is 1.26. The van der Waals surface area contributed by atoms with Crippen LogP contribution >= 0.6 is 0 Å². The average Bonchev–Trinajstić information content (AvgIpc) is 2.45. The smallest absolute Gasteiger partial charge is 0.0680 e. The molecule has 19 heavy (non-hydrogen) atoms. The third-order valence-corrected chi connectivity index (χ3v) is 5.45. The SMILES string of the molecule is CC(C)C1(C2CC(C)(C)OC2(C)C)CCCCCN1. The van der Waals surface area contributed by atoms with E-state index in [4.69, 9.17) is 4.74 Å². The molecule has 2 nitrogen and oxygen atoms in total. The molecule has 2 atom stereocenters. The van der Waals surface area contributed by atoms with Gasteiger partial charge in [-0.25, -0.2) is 0 Å². The molecular weight excluding hydrogens is 234 g/mol. The van der Waals surface area contributed by atoms with Crippen molar-refractivity contribution in [1.82, 2.24) is 5.32 Å². The summed E-state index contributed by atoms with van der Waals surface area (Å²) < 4.78 is 6.38. The number of nitrogens with one attached hydrogen (secondary N) is 1. The molecule has 0 amide bonds. The van der Waals surface area contributed by atoms with Gasteiger partial charge in [-0.1, -0.05) is 26.7 Å². The van der Waals surface area contributed by atoms with Crippen LogP contribution in [0.4, 0.5) is 0 Å². The van der Waals surface area contributed by atoms with E-state index in [1.165, 1.54) is 38.6 Å². The maximum Gasteiger partial charge on any atom is 0.0680 e. The minimum Gasteiger partial charge on any atom is -0.369 e. The van der Waals surface area contributed by atoms with Crippen molar-refractivity contribution >= 4 is 0 Å². The summed E-state index contributed by atoms with van der Waals surface area (Å²) in [7, 11) is 0. The molecule has 2 heteroatoms. The van der Waals surface area contributed by atoms with Crippen LogP contribution in [0.1, 0.15) is 73.6 Å². The Morgan fingerprint density at radius 2 is 1.74 bits per heavy atom. The van der Waals surface area contributed by atoms with Crippen molar-refractivity contribution in [2.24, 2.45) is 11.8 Å². The summed E-state index contributed by atoms with van der Waals surface area (Å²) in [6, 6.07) is 0. The first-order valence-electron chi connectivity index (χ1n) is 8.15. The zero-order chi connectivity index (χ0) is 14.3. The van der Waals surface area contributed by atoms with Crippen LogP contribution in [0.25, 0.3) is 0 Å². The summed E-state index contributed by atoms with van der Waals surface area (Å²) in [5.41, 5.74) is 0.253. The largest absolute Gasteiger partial charge is 0.369 e. The van der Waals surface area contributed by atoms with E-state index in [0.29, 0.717) is 11.8 Å². The van der Waals surface area contributed by atoms with Gasteiger partial charge in [-0.15, -0.1) is 0 Å². The lowest BCUT2D eigenvalue weighted by Gasteiger charge is -2.47. The standard InChI is InChI=1S/C17H33NO/c1-13(2)17(10-8-7-9-11-18-17)14-12-15(3,4)19-16(14,5)6/h13-14,18H,7-12H2,1-6H3. The van der Waals surface area contributed by atoms with Crippen LogP contribution in [0.15, 0.2) is 0 Å². The van der Waals surface area contributed by atoms with Crippen LogP contribution in [-0.2, 0) is 4.74 Å². The van der Waals surface area contributed by atoms with E-state index in [1.807, 2.05) is 0 Å². The number of ether oxygens (including phenoxy) is 1. The Bertz CT molecular complexity index is 311. The van der Waals surface area contributed by atoms with Crippen molar-refractivity contribution in [2.45, 2.75) is 90.4 Å². The summed E-state index contributed by atoms with van der Waals surface area (Å²) in [6.45, 7) is 15.0. The van der Waals surface area contributed by atoms with Gasteiger partial charge < -0.3 is 10.1 Å². The monoisotopic (exact) mass is 267 g/mol. The van der Waals surface area contributed by atoms with E-state index >= 15 is 0 Å². The second-order valence-electron chi connectivity index (χ2n) is 8.15. The van der Waals surface area contributed by atoms with Crippen LogP contribution in [0.5, 0.6) is 0 Å². The predicted molar refractivity (Wildman–Crippen MR) is 81.4 cm³/mol. The summed E-state index contributed by atoms with van der Waals surface area (Å²) >= 11 is 0. The van der Waals surface area contributed by atoms with Gasteiger partial charge in [0.05, 0.1) is 11.2 Å². The molecule has 2 heterocycles. The summed E-state index contributed by atoms with van der Waals surface area (Å²) in [4.78, 5) is 0. The highest BCUT2D eigenvalue weighted by atomic mass is 16.5. The molecule has 0 aromatic heterocycles. The highest BCUT2D eigenvalue weighted by Gasteiger charge is 2.56. The molecule has 0 aromatic carbocycles. The Morgan fingerprint density at radius 3 is 2.26 bits per heavy atom. The second-order valence-corrected chi connectivity index (χ2v) is 8.15. The summed E-state index contributed by atoms with van der Waals surface area (Å²) in [5, 5.41) is 3.95. The minimum absolute atomic E-state index is 0.0179. The zero-order valence-corrected chi connectivity index (χ0v) is 13.8. The lowest BCUT2D eigenvalue weighted by molar-refractivity contribution is -0.0884. The van der Waals surface area contributed by atoms with Gasteiger partial charge in [0.15, 0.2) is 0 Å². The first-order valence-corrected chi connectivity index (χ1v) is 8.15. The molecule has 2 unspecified atom stereocenters. The van der Waals surface area contributed by atoms with Crippen molar-refractivity contribution in [2.75, 3.05) is 6.54 Å². The molecule has 0 bridgehead atoms. The molecule has 112 valence electrons. The van der Waals surface area contributed by atoms with E-state index in [9.17, 15) is 0 Å². The molecule has 2 rings (SSSR count). The molecule has 2 aliphatic heterocycles. The van der Waals surface area contributed by atoms with E-state index in [-0.39, 0.29) is 16.7 Å². The molecule has 0 aliphatic carbocycles. The Balaban J connectivity index is 2.33. The van der Waals surface area contributed by atoms with Gasteiger partial charge in [-0.3, -0.25) is 0 Å². The van der Waals surface area contributed by atoms with Crippen molar-refractivity contribution < 1.29 is 4.74 Å². The van der Waals surface area contributed by atoms with E-state index in [1.54, 1.807) is 0 Å². The highest BCUT2D eigenvalue weighted by molar-refractivity contribution is 5.09. The van der Waals surface area contributed by atoms with Crippen molar-refractivity contribution in [3.63, 3.8) is 0 Å². The number of hydrogen-bond donors (Lipinski definition) is 1. The Kier molecular flexibility index (Phi) is 4.06. The molecule has 2 saturated heterocycles. The topological polar surface area (TPSA) is 21.3 Å². The van der Waals surface area contributed by atoms with Gasteiger partial charge in [0.25, 0.3) is 0 Å². The van der Waals surface area contributed by atoms with Gasteiger partial charge in [0.2, 0.25) is 0 Å². The van der Waals surface area contributed by atoms with Crippen LogP contribution in [0, 0.1) is 11.8 Å². The average molecular weight is 267 g/mol. The third-order valence-electron chi connectivity index (χ3n) is 5.45. The Morgan fingerprint density at radius 1 is 1.05 bits per heavy atom. The lowest BCUT2D eigenvalue weighted by atomic mass is 9.65.